The zero-order chi connectivity index (χ0) is 12.1. The SMILES string of the molecule is CC(C)C(CNC1CC1)OCC1CCCCO1. The van der Waals surface area contributed by atoms with E-state index < -0.39 is 0 Å². The van der Waals surface area contributed by atoms with Gasteiger partial charge in [-0.25, -0.2) is 0 Å². The highest BCUT2D eigenvalue weighted by Crippen LogP contribution is 2.20. The fourth-order valence-electron chi connectivity index (χ4n) is 2.23. The minimum atomic E-state index is 0.334. The van der Waals surface area contributed by atoms with Gasteiger partial charge in [0.15, 0.2) is 0 Å². The van der Waals surface area contributed by atoms with E-state index in [0.717, 1.165) is 25.8 Å². The molecule has 3 heteroatoms. The fraction of sp³-hybridized carbons (Fsp3) is 1.00. The van der Waals surface area contributed by atoms with Crippen LogP contribution in [0.2, 0.25) is 0 Å². The van der Waals surface area contributed by atoms with Gasteiger partial charge in [-0.1, -0.05) is 13.8 Å². The lowest BCUT2D eigenvalue weighted by Gasteiger charge is -2.27. The van der Waals surface area contributed by atoms with E-state index in [4.69, 9.17) is 9.47 Å². The van der Waals surface area contributed by atoms with Crippen molar-refractivity contribution in [3.8, 4) is 0 Å². The molecule has 0 spiro atoms. The molecule has 2 rings (SSSR count). The number of hydrogen-bond acceptors (Lipinski definition) is 3. The lowest BCUT2D eigenvalue weighted by molar-refractivity contribution is -0.0721. The van der Waals surface area contributed by atoms with Gasteiger partial charge in [0.25, 0.3) is 0 Å². The second kappa shape index (κ2) is 6.72. The highest BCUT2D eigenvalue weighted by Gasteiger charge is 2.24. The number of rotatable bonds is 7. The monoisotopic (exact) mass is 241 g/mol. The molecule has 17 heavy (non-hydrogen) atoms. The van der Waals surface area contributed by atoms with Crippen molar-refractivity contribution in [3.05, 3.63) is 0 Å². The van der Waals surface area contributed by atoms with Gasteiger partial charge in [-0.3, -0.25) is 0 Å². The minimum Gasteiger partial charge on any atom is -0.376 e. The van der Waals surface area contributed by atoms with Gasteiger partial charge >= 0.3 is 0 Å². The van der Waals surface area contributed by atoms with E-state index in [-0.39, 0.29) is 0 Å². The summed E-state index contributed by atoms with van der Waals surface area (Å²) < 4.78 is 11.7. The van der Waals surface area contributed by atoms with Crippen LogP contribution in [0.4, 0.5) is 0 Å². The lowest BCUT2D eigenvalue weighted by atomic mass is 10.1. The molecular formula is C14H27NO2. The van der Waals surface area contributed by atoms with Crippen LogP contribution < -0.4 is 5.32 Å². The summed E-state index contributed by atoms with van der Waals surface area (Å²) >= 11 is 0. The maximum atomic E-state index is 6.03. The topological polar surface area (TPSA) is 30.5 Å². The summed E-state index contributed by atoms with van der Waals surface area (Å²) in [7, 11) is 0. The van der Waals surface area contributed by atoms with Crippen LogP contribution >= 0.6 is 0 Å². The smallest absolute Gasteiger partial charge is 0.0808 e. The van der Waals surface area contributed by atoms with Crippen molar-refractivity contribution >= 4 is 0 Å². The molecule has 0 aromatic rings. The van der Waals surface area contributed by atoms with Crippen LogP contribution in [-0.4, -0.2) is 38.0 Å². The maximum absolute atomic E-state index is 6.03. The van der Waals surface area contributed by atoms with Crippen LogP contribution in [0, 0.1) is 5.92 Å². The minimum absolute atomic E-state index is 0.334. The number of ether oxygens (including phenoxy) is 2. The molecule has 0 amide bonds. The Morgan fingerprint density at radius 2 is 2.06 bits per heavy atom. The van der Waals surface area contributed by atoms with Gasteiger partial charge in [0.1, 0.15) is 0 Å². The lowest BCUT2D eigenvalue weighted by Crippen LogP contribution is -2.37. The molecule has 1 saturated heterocycles. The van der Waals surface area contributed by atoms with Crippen LogP contribution in [-0.2, 0) is 9.47 Å². The summed E-state index contributed by atoms with van der Waals surface area (Å²) in [5.74, 6) is 0.574. The summed E-state index contributed by atoms with van der Waals surface area (Å²) in [6.07, 6.45) is 7.04. The first-order chi connectivity index (χ1) is 8.25. The van der Waals surface area contributed by atoms with Crippen LogP contribution in [0.15, 0.2) is 0 Å². The molecule has 1 saturated carbocycles. The van der Waals surface area contributed by atoms with Gasteiger partial charge in [-0.05, 0) is 38.0 Å². The molecule has 0 radical (unpaired) electrons. The van der Waals surface area contributed by atoms with Crippen LogP contribution in [0.3, 0.4) is 0 Å². The third-order valence-corrected chi connectivity index (χ3v) is 3.70. The van der Waals surface area contributed by atoms with Crippen LogP contribution in [0.1, 0.15) is 46.0 Å². The predicted octanol–water partition coefficient (Wildman–Crippen LogP) is 2.35. The van der Waals surface area contributed by atoms with Gasteiger partial charge in [0.05, 0.1) is 18.8 Å². The first-order valence-corrected chi connectivity index (χ1v) is 7.22. The largest absolute Gasteiger partial charge is 0.376 e. The Kier molecular flexibility index (Phi) is 5.26. The molecular weight excluding hydrogens is 214 g/mol. The Labute approximate surface area is 105 Å². The highest BCUT2D eigenvalue weighted by atomic mass is 16.5. The Bertz CT molecular complexity index is 210. The molecule has 1 aliphatic carbocycles. The second-order valence-corrected chi connectivity index (χ2v) is 5.79. The Morgan fingerprint density at radius 3 is 2.65 bits per heavy atom. The summed E-state index contributed by atoms with van der Waals surface area (Å²) in [6, 6.07) is 0.769. The van der Waals surface area contributed by atoms with E-state index >= 15 is 0 Å². The van der Waals surface area contributed by atoms with E-state index in [2.05, 4.69) is 19.2 Å². The Morgan fingerprint density at radius 1 is 1.24 bits per heavy atom. The van der Waals surface area contributed by atoms with Crippen LogP contribution in [0.5, 0.6) is 0 Å². The second-order valence-electron chi connectivity index (χ2n) is 5.79. The van der Waals surface area contributed by atoms with E-state index in [9.17, 15) is 0 Å². The molecule has 1 aliphatic heterocycles. The molecule has 0 aromatic carbocycles. The number of nitrogens with one attached hydrogen (secondary N) is 1. The Hall–Kier alpha value is -0.120. The van der Waals surface area contributed by atoms with Gasteiger partial charge in [-0.15, -0.1) is 0 Å². The molecule has 2 aliphatic rings. The predicted molar refractivity (Wildman–Crippen MR) is 69.2 cm³/mol. The van der Waals surface area contributed by atoms with Crippen molar-refractivity contribution in [1.29, 1.82) is 0 Å². The van der Waals surface area contributed by atoms with E-state index in [1.807, 2.05) is 0 Å². The highest BCUT2D eigenvalue weighted by molar-refractivity contribution is 4.82. The molecule has 1 heterocycles. The molecule has 100 valence electrons. The molecule has 0 aromatic heterocycles. The normalized spacial score (nSPS) is 27.4. The van der Waals surface area contributed by atoms with Crippen molar-refractivity contribution in [2.24, 2.45) is 5.92 Å². The van der Waals surface area contributed by atoms with Gasteiger partial charge in [0, 0.05) is 19.2 Å². The van der Waals surface area contributed by atoms with E-state index in [1.54, 1.807) is 0 Å². The van der Waals surface area contributed by atoms with Gasteiger partial charge in [0.2, 0.25) is 0 Å². The third-order valence-electron chi connectivity index (χ3n) is 3.70. The zero-order valence-corrected chi connectivity index (χ0v) is 11.3. The average Bonchev–Trinajstić information content (AvgIpc) is 3.14. The first kappa shape index (κ1) is 13.3. The molecule has 1 N–H and O–H groups in total. The molecule has 2 fully saturated rings. The van der Waals surface area contributed by atoms with Crippen molar-refractivity contribution in [3.63, 3.8) is 0 Å². The van der Waals surface area contributed by atoms with Gasteiger partial charge < -0.3 is 14.8 Å². The first-order valence-electron chi connectivity index (χ1n) is 7.22. The van der Waals surface area contributed by atoms with Crippen molar-refractivity contribution in [1.82, 2.24) is 5.32 Å². The summed E-state index contributed by atoms with van der Waals surface area (Å²) in [5, 5.41) is 3.56. The van der Waals surface area contributed by atoms with E-state index in [1.165, 1.54) is 32.1 Å². The van der Waals surface area contributed by atoms with Gasteiger partial charge in [-0.2, -0.15) is 0 Å². The molecule has 0 bridgehead atoms. The molecule has 2 unspecified atom stereocenters. The molecule has 3 nitrogen and oxygen atoms in total. The van der Waals surface area contributed by atoms with Crippen molar-refractivity contribution in [2.75, 3.05) is 19.8 Å². The molecule has 2 atom stereocenters. The fourth-order valence-corrected chi connectivity index (χ4v) is 2.23. The van der Waals surface area contributed by atoms with E-state index in [0.29, 0.717) is 18.1 Å². The summed E-state index contributed by atoms with van der Waals surface area (Å²) in [5.41, 5.74) is 0. The van der Waals surface area contributed by atoms with Crippen molar-refractivity contribution in [2.45, 2.75) is 64.2 Å². The van der Waals surface area contributed by atoms with Crippen LogP contribution in [0.25, 0.3) is 0 Å². The third kappa shape index (κ3) is 4.94. The quantitative estimate of drug-likeness (QED) is 0.742. The number of hydrogen-bond donors (Lipinski definition) is 1. The Balaban J connectivity index is 1.64. The maximum Gasteiger partial charge on any atom is 0.0808 e. The average molecular weight is 241 g/mol. The zero-order valence-electron chi connectivity index (χ0n) is 11.3. The standard InChI is InChI=1S/C14H27NO2/c1-11(2)14(9-15-12-6-7-12)17-10-13-5-3-4-8-16-13/h11-15H,3-10H2,1-2H3. The van der Waals surface area contributed by atoms with Crippen molar-refractivity contribution < 1.29 is 9.47 Å². The summed E-state index contributed by atoms with van der Waals surface area (Å²) in [4.78, 5) is 0. The summed E-state index contributed by atoms with van der Waals surface area (Å²) in [6.45, 7) is 7.16.